The van der Waals surface area contributed by atoms with Crippen LogP contribution in [0.2, 0.25) is 0 Å². The van der Waals surface area contributed by atoms with Crippen molar-refractivity contribution in [1.82, 2.24) is 0 Å². The minimum absolute atomic E-state index is 0. The molecule has 0 aliphatic carbocycles. The van der Waals surface area contributed by atoms with Gasteiger partial charge in [0.2, 0.25) is 0 Å². The van der Waals surface area contributed by atoms with Crippen molar-refractivity contribution >= 4 is 23.5 Å². The van der Waals surface area contributed by atoms with E-state index in [2.05, 4.69) is 0 Å². The maximum atomic E-state index is 11.0. The molecule has 27 heavy (non-hydrogen) atoms. The van der Waals surface area contributed by atoms with Gasteiger partial charge in [-0.2, -0.15) is 14.2 Å². The van der Waals surface area contributed by atoms with Gasteiger partial charge in [0.05, 0.1) is 13.2 Å². The average molecular weight is 426 g/mol. The van der Waals surface area contributed by atoms with E-state index in [0.717, 1.165) is 14.2 Å². The fourth-order valence-electron chi connectivity index (χ4n) is 1.73. The third kappa shape index (κ3) is 21.1. The predicted octanol–water partition coefficient (Wildman–Crippen LogP) is 0.280. The molecule has 0 aromatic rings. The molecular weight excluding hydrogens is 392 g/mol. The Hall–Kier alpha value is -1.09. The summed E-state index contributed by atoms with van der Waals surface area (Å²) in [7, 11) is 1.50. The van der Waals surface area contributed by atoms with Crippen molar-refractivity contribution in [3.8, 4) is 0 Å². The average Bonchev–Trinajstić information content (AvgIpc) is 2.60. The van der Waals surface area contributed by atoms with Crippen molar-refractivity contribution in [3.05, 3.63) is 0 Å². The van der Waals surface area contributed by atoms with Crippen LogP contribution in [0.3, 0.4) is 0 Å². The van der Waals surface area contributed by atoms with Gasteiger partial charge in [0.25, 0.3) is 0 Å². The molecule has 2 unspecified atom stereocenters. The SMILES string of the molecule is CCOC(=O)C(CC)C(C)=O.CCOC(=O)C(CC)C(C)=O.C[O-].C[O-].[Ti+2]. The third-order valence-corrected chi connectivity index (χ3v) is 2.94. The molecule has 0 heterocycles. The minimum atomic E-state index is -0.560. The molecule has 158 valence electrons. The number of Topliss-reactive ketones (excluding diaryl/α,β-unsaturated/α-hetero) is 2. The van der Waals surface area contributed by atoms with Crippen LogP contribution in [0.1, 0.15) is 54.4 Å². The van der Waals surface area contributed by atoms with Crippen LogP contribution in [0, 0.1) is 11.8 Å². The quantitative estimate of drug-likeness (QED) is 0.307. The van der Waals surface area contributed by atoms with Crippen LogP contribution >= 0.6 is 0 Å². The summed E-state index contributed by atoms with van der Waals surface area (Å²) in [4.78, 5) is 43.5. The van der Waals surface area contributed by atoms with Gasteiger partial charge in [-0.1, -0.05) is 13.8 Å². The largest absolute Gasteiger partial charge is 2.00 e. The Labute approximate surface area is 177 Å². The van der Waals surface area contributed by atoms with Gasteiger partial charge in [-0.3, -0.25) is 19.2 Å². The van der Waals surface area contributed by atoms with E-state index in [1.54, 1.807) is 27.7 Å². The van der Waals surface area contributed by atoms with E-state index in [4.69, 9.17) is 19.7 Å². The molecule has 2 atom stereocenters. The van der Waals surface area contributed by atoms with Crippen LogP contribution in [-0.2, 0) is 50.4 Å². The minimum Gasteiger partial charge on any atom is -0.857 e. The van der Waals surface area contributed by atoms with Gasteiger partial charge in [0, 0.05) is 0 Å². The molecule has 0 spiro atoms. The van der Waals surface area contributed by atoms with E-state index >= 15 is 0 Å². The molecule has 0 amide bonds. The van der Waals surface area contributed by atoms with Crippen LogP contribution in [0.15, 0.2) is 0 Å². The van der Waals surface area contributed by atoms with Crippen molar-refractivity contribution in [2.45, 2.75) is 54.4 Å². The maximum Gasteiger partial charge on any atom is 2.00 e. The van der Waals surface area contributed by atoms with E-state index in [9.17, 15) is 19.2 Å². The second-order valence-corrected chi connectivity index (χ2v) is 4.65. The molecule has 0 rings (SSSR count). The van der Waals surface area contributed by atoms with Crippen LogP contribution in [0.25, 0.3) is 0 Å². The van der Waals surface area contributed by atoms with Gasteiger partial charge in [-0.15, -0.1) is 0 Å². The van der Waals surface area contributed by atoms with E-state index in [1.165, 1.54) is 13.8 Å². The molecule has 0 aliphatic rings. The van der Waals surface area contributed by atoms with Crippen LogP contribution in [0.4, 0.5) is 0 Å². The summed E-state index contributed by atoms with van der Waals surface area (Å²) in [5, 5.41) is 16.5. The number of ketones is 2. The number of carbonyl (C=O) groups excluding carboxylic acids is 4. The molecule has 8 nitrogen and oxygen atoms in total. The summed E-state index contributed by atoms with van der Waals surface area (Å²) >= 11 is 0. The van der Waals surface area contributed by atoms with Crippen molar-refractivity contribution in [1.29, 1.82) is 0 Å². The van der Waals surface area contributed by atoms with Crippen LogP contribution < -0.4 is 10.2 Å². The summed E-state index contributed by atoms with van der Waals surface area (Å²) in [6.07, 6.45) is 1.04. The number of hydrogen-bond donors (Lipinski definition) is 0. The van der Waals surface area contributed by atoms with Gasteiger partial charge in [-0.25, -0.2) is 0 Å². The summed E-state index contributed by atoms with van der Waals surface area (Å²) in [6, 6.07) is 0. The Morgan fingerprint density at radius 3 is 1.00 bits per heavy atom. The van der Waals surface area contributed by atoms with Gasteiger partial charge in [0.1, 0.15) is 23.4 Å². The van der Waals surface area contributed by atoms with Crippen LogP contribution in [-0.4, -0.2) is 50.9 Å². The topological polar surface area (TPSA) is 133 Å². The third-order valence-electron chi connectivity index (χ3n) is 2.94. The summed E-state index contributed by atoms with van der Waals surface area (Å²) in [5.41, 5.74) is 0. The zero-order valence-corrected chi connectivity index (χ0v) is 19.3. The summed E-state index contributed by atoms with van der Waals surface area (Å²) in [6.45, 7) is 10.5. The fraction of sp³-hybridized carbons (Fsp3) is 0.778. The molecular formula is C18H34O8Ti. The first-order valence-corrected chi connectivity index (χ1v) is 8.42. The summed E-state index contributed by atoms with van der Waals surface area (Å²) in [5.74, 6) is -2.16. The van der Waals surface area contributed by atoms with Crippen molar-refractivity contribution < 1.29 is 60.6 Å². The van der Waals surface area contributed by atoms with E-state index in [0.29, 0.717) is 26.1 Å². The fourth-order valence-corrected chi connectivity index (χ4v) is 1.73. The molecule has 0 bridgehead atoms. The van der Waals surface area contributed by atoms with E-state index < -0.39 is 23.8 Å². The second-order valence-electron chi connectivity index (χ2n) is 4.65. The monoisotopic (exact) mass is 426 g/mol. The predicted molar refractivity (Wildman–Crippen MR) is 94.0 cm³/mol. The molecule has 9 heteroatoms. The number of hydrogen-bond acceptors (Lipinski definition) is 8. The van der Waals surface area contributed by atoms with Gasteiger partial charge in [0.15, 0.2) is 0 Å². The molecule has 0 saturated heterocycles. The molecule has 0 aromatic heterocycles. The van der Waals surface area contributed by atoms with Gasteiger partial charge < -0.3 is 19.7 Å². The van der Waals surface area contributed by atoms with E-state index in [-0.39, 0.29) is 33.3 Å². The Morgan fingerprint density at radius 2 is 0.889 bits per heavy atom. The van der Waals surface area contributed by atoms with E-state index in [1.807, 2.05) is 0 Å². The number of carbonyl (C=O) groups is 4. The zero-order chi connectivity index (χ0) is 21.7. The number of esters is 2. The maximum absolute atomic E-state index is 11.0. The second kappa shape index (κ2) is 27.1. The molecule has 0 aromatic carbocycles. The normalized spacial score (nSPS) is 10.4. The first kappa shape index (κ1) is 36.8. The molecule has 0 fully saturated rings. The Balaban J connectivity index is -0.0000000975. The van der Waals surface area contributed by atoms with Crippen LogP contribution in [0.5, 0.6) is 0 Å². The van der Waals surface area contributed by atoms with Crippen molar-refractivity contribution in [3.63, 3.8) is 0 Å². The molecule has 0 saturated carbocycles. The zero-order valence-electron chi connectivity index (χ0n) is 17.7. The van der Waals surface area contributed by atoms with Gasteiger partial charge >= 0.3 is 33.7 Å². The number of ether oxygens (including phenoxy) is 2. The Bertz CT molecular complexity index is 350. The summed E-state index contributed by atoms with van der Waals surface area (Å²) < 4.78 is 9.39. The first-order chi connectivity index (χ1) is 12.3. The standard InChI is InChI=1S/2C8H14O3.2CH3O.Ti/c2*1-4-7(6(3)9)8(10)11-5-2;2*1-2;/h2*7H,4-5H2,1-3H3;2*1H3;/q;;2*-1;+2. The Morgan fingerprint density at radius 1 is 0.667 bits per heavy atom. The van der Waals surface area contributed by atoms with Gasteiger partial charge in [-0.05, 0) is 40.5 Å². The molecule has 0 radical (unpaired) electrons. The van der Waals surface area contributed by atoms with Crippen molar-refractivity contribution in [2.24, 2.45) is 11.8 Å². The smallest absolute Gasteiger partial charge is 0.857 e. The first-order valence-electron chi connectivity index (χ1n) is 8.42. The Kier molecular flexibility index (Phi) is 37.0. The molecule has 0 N–H and O–H groups in total. The van der Waals surface area contributed by atoms with Crippen molar-refractivity contribution in [2.75, 3.05) is 27.4 Å². The molecule has 0 aliphatic heterocycles. The number of rotatable bonds is 8.